The van der Waals surface area contributed by atoms with Gasteiger partial charge >= 0.3 is 5.97 Å². The van der Waals surface area contributed by atoms with Crippen molar-refractivity contribution >= 4 is 40.5 Å². The largest absolute Gasteiger partial charge is 0.478 e. The molecule has 25 heavy (non-hydrogen) atoms. The van der Waals surface area contributed by atoms with Crippen molar-refractivity contribution in [2.24, 2.45) is 0 Å². The fraction of sp³-hybridized carbons (Fsp3) is 0. The van der Waals surface area contributed by atoms with E-state index in [2.05, 4.69) is 10.3 Å². The Morgan fingerprint density at radius 1 is 1.24 bits per heavy atom. The molecule has 0 saturated carbocycles. The number of carboxylic acid groups (broad SMARTS) is 1. The molecule has 2 aromatic heterocycles. The summed E-state index contributed by atoms with van der Waals surface area (Å²) in [6.07, 6.45) is 1.46. The first-order chi connectivity index (χ1) is 12.0. The lowest BCUT2D eigenvalue weighted by molar-refractivity contribution is 0.0699. The van der Waals surface area contributed by atoms with Crippen molar-refractivity contribution in [3.8, 4) is 10.4 Å². The molecular weight excluding hydrogens is 367 g/mol. The Hall–Kier alpha value is -2.77. The van der Waals surface area contributed by atoms with Crippen molar-refractivity contribution in [3.05, 3.63) is 70.1 Å². The van der Waals surface area contributed by atoms with Crippen LogP contribution in [0.25, 0.3) is 10.4 Å². The zero-order valence-electron chi connectivity index (χ0n) is 12.5. The van der Waals surface area contributed by atoms with Crippen molar-refractivity contribution in [1.82, 2.24) is 4.98 Å². The van der Waals surface area contributed by atoms with Gasteiger partial charge < -0.3 is 10.4 Å². The number of halogens is 2. The Bertz CT molecular complexity index is 957. The van der Waals surface area contributed by atoms with Gasteiger partial charge in [-0.2, -0.15) is 0 Å². The molecule has 1 aromatic carbocycles. The average Bonchev–Trinajstić information content (AvgIpc) is 2.99. The number of aromatic nitrogens is 1. The lowest BCUT2D eigenvalue weighted by atomic mass is 10.1. The molecule has 2 N–H and O–H groups in total. The van der Waals surface area contributed by atoms with Crippen LogP contribution in [-0.4, -0.2) is 22.0 Å². The van der Waals surface area contributed by atoms with Crippen molar-refractivity contribution in [2.45, 2.75) is 0 Å². The van der Waals surface area contributed by atoms with Crippen molar-refractivity contribution in [2.75, 3.05) is 5.32 Å². The summed E-state index contributed by atoms with van der Waals surface area (Å²) in [5, 5.41) is 13.8. The number of hydrogen-bond acceptors (Lipinski definition) is 4. The SMILES string of the molecule is O=C(Nc1csc(-c2ccc(Cl)nc2)c1C(=O)O)c1cccc(F)c1. The number of carboxylic acids is 1. The third-order valence-electron chi connectivity index (χ3n) is 3.33. The summed E-state index contributed by atoms with van der Waals surface area (Å²) in [6, 6.07) is 8.33. The second kappa shape index (κ2) is 7.00. The van der Waals surface area contributed by atoms with Gasteiger partial charge in [0.1, 0.15) is 16.5 Å². The lowest BCUT2D eigenvalue weighted by Crippen LogP contribution is -2.14. The highest BCUT2D eigenvalue weighted by molar-refractivity contribution is 7.14. The second-order valence-electron chi connectivity index (χ2n) is 4.99. The Balaban J connectivity index is 1.96. The van der Waals surface area contributed by atoms with Gasteiger partial charge in [0.15, 0.2) is 0 Å². The maximum atomic E-state index is 13.2. The van der Waals surface area contributed by atoms with Crippen molar-refractivity contribution < 1.29 is 19.1 Å². The number of rotatable bonds is 4. The van der Waals surface area contributed by atoms with Crippen LogP contribution in [-0.2, 0) is 0 Å². The van der Waals surface area contributed by atoms with Crippen LogP contribution in [0.1, 0.15) is 20.7 Å². The van der Waals surface area contributed by atoms with Crippen LogP contribution in [0.15, 0.2) is 48.0 Å². The quantitative estimate of drug-likeness (QED) is 0.654. The molecule has 0 unspecified atom stereocenters. The number of amides is 1. The first kappa shape index (κ1) is 17.1. The molecule has 0 fully saturated rings. The number of pyridine rings is 1. The molecule has 0 spiro atoms. The van der Waals surface area contributed by atoms with Gasteiger partial charge in [0.25, 0.3) is 5.91 Å². The van der Waals surface area contributed by atoms with E-state index in [1.165, 1.54) is 29.8 Å². The highest BCUT2D eigenvalue weighted by Gasteiger charge is 2.21. The van der Waals surface area contributed by atoms with E-state index in [-0.39, 0.29) is 22.0 Å². The van der Waals surface area contributed by atoms with Crippen LogP contribution in [0, 0.1) is 5.82 Å². The Labute approximate surface area is 150 Å². The summed E-state index contributed by atoms with van der Waals surface area (Å²) >= 11 is 6.90. The average molecular weight is 377 g/mol. The van der Waals surface area contributed by atoms with E-state index in [9.17, 15) is 19.1 Å². The smallest absolute Gasteiger partial charge is 0.339 e. The minimum atomic E-state index is -1.19. The van der Waals surface area contributed by atoms with Crippen LogP contribution >= 0.6 is 22.9 Å². The number of thiophene rings is 1. The first-order valence-corrected chi connectivity index (χ1v) is 8.25. The monoisotopic (exact) mass is 376 g/mol. The second-order valence-corrected chi connectivity index (χ2v) is 6.26. The molecule has 0 radical (unpaired) electrons. The van der Waals surface area contributed by atoms with Gasteiger partial charge in [-0.1, -0.05) is 17.7 Å². The van der Waals surface area contributed by atoms with Crippen LogP contribution < -0.4 is 5.32 Å². The maximum absolute atomic E-state index is 13.2. The van der Waals surface area contributed by atoms with Gasteiger partial charge in [-0.3, -0.25) is 4.79 Å². The van der Waals surface area contributed by atoms with Crippen LogP contribution in [0.4, 0.5) is 10.1 Å². The maximum Gasteiger partial charge on any atom is 0.339 e. The summed E-state index contributed by atoms with van der Waals surface area (Å²) in [5.74, 6) is -2.34. The van der Waals surface area contributed by atoms with E-state index >= 15 is 0 Å². The number of nitrogens with one attached hydrogen (secondary N) is 1. The summed E-state index contributed by atoms with van der Waals surface area (Å²) < 4.78 is 13.2. The number of nitrogens with zero attached hydrogens (tertiary/aromatic N) is 1. The van der Waals surface area contributed by atoms with E-state index < -0.39 is 17.7 Å². The highest BCUT2D eigenvalue weighted by Crippen LogP contribution is 2.36. The van der Waals surface area contributed by atoms with Gasteiger partial charge in [-0.15, -0.1) is 11.3 Å². The van der Waals surface area contributed by atoms with Gasteiger partial charge in [0, 0.05) is 22.7 Å². The molecule has 0 aliphatic heterocycles. The van der Waals surface area contributed by atoms with Crippen LogP contribution in [0.3, 0.4) is 0 Å². The number of benzene rings is 1. The van der Waals surface area contributed by atoms with E-state index in [1.807, 2.05) is 0 Å². The van der Waals surface area contributed by atoms with E-state index in [0.717, 1.165) is 17.4 Å². The van der Waals surface area contributed by atoms with Gasteiger partial charge in [-0.05, 0) is 30.3 Å². The van der Waals surface area contributed by atoms with Crippen LogP contribution in [0.5, 0.6) is 0 Å². The molecule has 1 amide bonds. The third kappa shape index (κ3) is 3.67. The number of carbonyl (C=O) groups is 2. The third-order valence-corrected chi connectivity index (χ3v) is 4.58. The summed E-state index contributed by atoms with van der Waals surface area (Å²) in [7, 11) is 0. The molecular formula is C17H10ClFN2O3S. The zero-order chi connectivity index (χ0) is 18.0. The Kier molecular flexibility index (Phi) is 4.78. The fourth-order valence-corrected chi connectivity index (χ4v) is 3.31. The molecule has 0 atom stereocenters. The summed E-state index contributed by atoms with van der Waals surface area (Å²) in [5.41, 5.74) is 0.742. The van der Waals surface area contributed by atoms with Gasteiger partial charge in [0.05, 0.1) is 10.6 Å². The molecule has 0 aliphatic carbocycles. The summed E-state index contributed by atoms with van der Waals surface area (Å²) in [4.78, 5) is 28.3. The number of aromatic carboxylic acids is 1. The molecule has 2 heterocycles. The number of anilines is 1. The predicted octanol–water partition coefficient (Wildman–Crippen LogP) is 4.55. The molecule has 3 rings (SSSR count). The lowest BCUT2D eigenvalue weighted by Gasteiger charge is -2.06. The standard InChI is InChI=1S/C17H10ClFN2O3S/c18-13-5-4-10(7-20-13)15-14(17(23)24)12(8-25-15)21-16(22)9-2-1-3-11(19)6-9/h1-8H,(H,21,22)(H,23,24). The molecule has 5 nitrogen and oxygen atoms in total. The van der Waals surface area contributed by atoms with E-state index in [0.29, 0.717) is 10.4 Å². The molecule has 126 valence electrons. The van der Waals surface area contributed by atoms with Crippen molar-refractivity contribution in [1.29, 1.82) is 0 Å². The molecule has 0 aliphatic rings. The molecule has 8 heteroatoms. The normalized spacial score (nSPS) is 10.5. The van der Waals surface area contributed by atoms with Gasteiger partial charge in [-0.25, -0.2) is 14.2 Å². The first-order valence-electron chi connectivity index (χ1n) is 6.99. The van der Waals surface area contributed by atoms with Crippen LogP contribution in [0.2, 0.25) is 5.15 Å². The summed E-state index contributed by atoms with van der Waals surface area (Å²) in [6.45, 7) is 0. The molecule has 0 saturated heterocycles. The predicted molar refractivity (Wildman–Crippen MR) is 93.9 cm³/mol. The number of hydrogen-bond donors (Lipinski definition) is 2. The van der Waals surface area contributed by atoms with E-state index in [4.69, 9.17) is 11.6 Å². The van der Waals surface area contributed by atoms with Gasteiger partial charge in [0.2, 0.25) is 0 Å². The Morgan fingerprint density at radius 2 is 2.04 bits per heavy atom. The number of carbonyl (C=O) groups excluding carboxylic acids is 1. The molecule has 3 aromatic rings. The Morgan fingerprint density at radius 3 is 2.68 bits per heavy atom. The fourth-order valence-electron chi connectivity index (χ4n) is 2.21. The van der Waals surface area contributed by atoms with Crippen molar-refractivity contribution in [3.63, 3.8) is 0 Å². The zero-order valence-corrected chi connectivity index (χ0v) is 14.1. The highest BCUT2D eigenvalue weighted by atomic mass is 35.5. The van der Waals surface area contributed by atoms with E-state index in [1.54, 1.807) is 12.1 Å². The minimum absolute atomic E-state index is 0.0566. The minimum Gasteiger partial charge on any atom is -0.478 e. The topological polar surface area (TPSA) is 79.3 Å². The molecule has 0 bridgehead atoms.